The van der Waals surface area contributed by atoms with Crippen molar-refractivity contribution < 1.29 is 46.1 Å². The predicted octanol–water partition coefficient (Wildman–Crippen LogP) is 4.98. The topological polar surface area (TPSA) is 0 Å². The first-order chi connectivity index (χ1) is 19.7. The van der Waals surface area contributed by atoms with Gasteiger partial charge in [0.05, 0.1) is 0 Å². The third-order valence-corrected chi connectivity index (χ3v) is 20.5. The molecule has 0 nitrogen and oxygen atoms in total. The summed E-state index contributed by atoms with van der Waals surface area (Å²) in [6, 6.07) is 23.7. The third kappa shape index (κ3) is 5.89. The molecule has 3 aromatic rings. The first kappa shape index (κ1) is 32.1. The minimum Gasteiger partial charge on any atom is -1.00 e. The van der Waals surface area contributed by atoms with Crippen LogP contribution in [-0.2, 0) is 21.3 Å². The molecule has 0 aliphatic heterocycles. The summed E-state index contributed by atoms with van der Waals surface area (Å²) in [5, 5.41) is 2.93. The van der Waals surface area contributed by atoms with Crippen molar-refractivity contribution in [2.45, 2.75) is 88.1 Å². The van der Waals surface area contributed by atoms with Gasteiger partial charge in [-0.05, 0) is 0 Å². The summed E-state index contributed by atoms with van der Waals surface area (Å²) in [6.07, 6.45) is 23.2. The summed E-state index contributed by atoms with van der Waals surface area (Å²) < 4.78 is 4.57. The van der Waals surface area contributed by atoms with Crippen LogP contribution in [0.25, 0.3) is 21.9 Å². The second-order valence-electron chi connectivity index (χ2n) is 13.3. The smallest absolute Gasteiger partial charge is 1.00 e. The van der Waals surface area contributed by atoms with Crippen molar-refractivity contribution in [3.05, 3.63) is 93.3 Å². The van der Waals surface area contributed by atoms with Crippen LogP contribution in [-0.4, -0.2) is 3.21 Å². The van der Waals surface area contributed by atoms with Crippen molar-refractivity contribution in [3.8, 4) is 11.1 Å². The fraction of sp³-hybridized carbons (Fsp3) is 0.462. The van der Waals surface area contributed by atoms with E-state index in [9.17, 15) is 0 Å². The predicted molar refractivity (Wildman–Crippen MR) is 170 cm³/mol. The summed E-state index contributed by atoms with van der Waals surface area (Å²) >= 11 is -2.43. The molecular weight excluding hydrogens is 631 g/mol. The van der Waals surface area contributed by atoms with Crippen LogP contribution in [0.1, 0.15) is 99.2 Å². The van der Waals surface area contributed by atoms with Gasteiger partial charge < -0.3 is 24.8 Å². The summed E-state index contributed by atoms with van der Waals surface area (Å²) in [5.41, 5.74) is 6.39. The van der Waals surface area contributed by atoms with Crippen LogP contribution in [0.15, 0.2) is 82.2 Å². The van der Waals surface area contributed by atoms with Crippen LogP contribution in [0, 0.1) is 23.7 Å². The molecular formula is C39H46Cl2Zr. The number of hydrogen-bond donors (Lipinski definition) is 0. The van der Waals surface area contributed by atoms with Crippen molar-refractivity contribution in [2.24, 2.45) is 23.7 Å². The molecule has 3 heteroatoms. The SMILES string of the molecule is CC([C](C(C)C1CCCCC1)=[Zr+2]([C]1=CC=CC1)[CH]1c2ccccc2-c2ccc3ccccc3c21)C1CCCCC1.[Cl-].[Cl-]. The van der Waals surface area contributed by atoms with E-state index >= 15 is 0 Å². The van der Waals surface area contributed by atoms with Crippen molar-refractivity contribution in [3.63, 3.8) is 0 Å². The molecule has 0 aromatic heterocycles. The van der Waals surface area contributed by atoms with Crippen LogP contribution < -0.4 is 24.8 Å². The zero-order valence-corrected chi connectivity index (χ0v) is 29.4. The molecule has 0 radical (unpaired) electrons. The Kier molecular flexibility index (Phi) is 10.9. The number of rotatable bonds is 6. The van der Waals surface area contributed by atoms with Crippen LogP contribution >= 0.6 is 0 Å². The zero-order chi connectivity index (χ0) is 27.1. The molecule has 3 atom stereocenters. The second kappa shape index (κ2) is 14.2. The van der Waals surface area contributed by atoms with Crippen molar-refractivity contribution in [1.82, 2.24) is 0 Å². The Bertz CT molecular complexity index is 1460. The van der Waals surface area contributed by atoms with E-state index in [4.69, 9.17) is 0 Å². The summed E-state index contributed by atoms with van der Waals surface area (Å²) in [6.45, 7) is 5.41. The fourth-order valence-corrected chi connectivity index (χ4v) is 19.7. The molecule has 3 unspecified atom stereocenters. The summed E-state index contributed by atoms with van der Waals surface area (Å²) in [5.74, 6) is 3.31. The van der Waals surface area contributed by atoms with Gasteiger partial charge in [0, 0.05) is 0 Å². The van der Waals surface area contributed by atoms with Gasteiger partial charge in [0.1, 0.15) is 0 Å². The Hall–Kier alpha value is -1.27. The summed E-state index contributed by atoms with van der Waals surface area (Å²) in [7, 11) is 0. The maximum absolute atomic E-state index is 2.71. The molecule has 7 rings (SSSR count). The number of benzene rings is 3. The molecule has 2 saturated carbocycles. The average molecular weight is 677 g/mol. The molecule has 2 fully saturated rings. The molecule has 220 valence electrons. The standard InChI is InChI=1S/C17H11.C17H30.C5H5.2ClH.Zr/c1-3-7-14-12(5-1)9-10-16-15-8-4-2-6-13(15)11-17(14)16;1-14(16-9-5-3-6-10-16)13-15(2)17-11-7-4-8-12-17;1-2-4-5-3-1;;;/h1-11H;14-17H,3-12H2,1-2H3;1-3H,4H2;2*1H;/q;;;;;+2/p-2. The van der Waals surface area contributed by atoms with E-state index in [1.807, 2.05) is 3.28 Å². The molecule has 0 spiro atoms. The molecule has 0 saturated heterocycles. The molecule has 3 aromatic carbocycles. The molecule has 0 N–H and O–H groups in total. The van der Waals surface area contributed by atoms with E-state index in [1.54, 1.807) is 11.1 Å². The number of allylic oxidation sites excluding steroid dienone is 4. The average Bonchev–Trinajstić information content (AvgIpc) is 3.67. The van der Waals surface area contributed by atoms with Gasteiger partial charge in [-0.25, -0.2) is 0 Å². The Balaban J connectivity index is 0.00000176. The molecule has 4 aliphatic carbocycles. The molecule has 4 aliphatic rings. The normalized spacial score (nSPS) is 21.3. The quantitative estimate of drug-likeness (QED) is 0.346. The molecule has 42 heavy (non-hydrogen) atoms. The van der Waals surface area contributed by atoms with Crippen molar-refractivity contribution in [2.75, 3.05) is 0 Å². The maximum Gasteiger partial charge on any atom is -1.00 e. The van der Waals surface area contributed by atoms with E-state index in [0.29, 0.717) is 3.63 Å². The minimum absolute atomic E-state index is 0. The van der Waals surface area contributed by atoms with E-state index < -0.39 is 21.3 Å². The summed E-state index contributed by atoms with van der Waals surface area (Å²) in [4.78, 5) is 0. The van der Waals surface area contributed by atoms with E-state index in [-0.39, 0.29) is 24.8 Å². The van der Waals surface area contributed by atoms with Gasteiger partial charge in [0.25, 0.3) is 0 Å². The third-order valence-electron chi connectivity index (χ3n) is 11.2. The zero-order valence-electron chi connectivity index (χ0n) is 25.4. The van der Waals surface area contributed by atoms with Gasteiger partial charge in [0.15, 0.2) is 0 Å². The first-order valence-corrected chi connectivity index (χ1v) is 20.3. The minimum atomic E-state index is -2.43. The van der Waals surface area contributed by atoms with E-state index in [2.05, 4.69) is 95.9 Å². The van der Waals surface area contributed by atoms with Crippen LogP contribution in [0.4, 0.5) is 0 Å². The molecule has 0 amide bonds. The molecule has 0 heterocycles. The van der Waals surface area contributed by atoms with E-state index in [0.717, 1.165) is 23.7 Å². The van der Waals surface area contributed by atoms with Crippen molar-refractivity contribution in [1.29, 1.82) is 0 Å². The van der Waals surface area contributed by atoms with Gasteiger partial charge in [-0.3, -0.25) is 0 Å². The Morgan fingerprint density at radius 2 is 1.31 bits per heavy atom. The maximum atomic E-state index is 2.71. The Morgan fingerprint density at radius 3 is 1.95 bits per heavy atom. The van der Waals surface area contributed by atoms with Crippen LogP contribution in [0.5, 0.6) is 0 Å². The Labute approximate surface area is 274 Å². The van der Waals surface area contributed by atoms with Gasteiger partial charge in [0.2, 0.25) is 0 Å². The Morgan fingerprint density at radius 1 is 0.690 bits per heavy atom. The van der Waals surface area contributed by atoms with Crippen LogP contribution in [0.3, 0.4) is 0 Å². The van der Waals surface area contributed by atoms with Gasteiger partial charge in [-0.15, -0.1) is 0 Å². The van der Waals surface area contributed by atoms with Gasteiger partial charge in [-0.1, -0.05) is 0 Å². The van der Waals surface area contributed by atoms with Gasteiger partial charge in [-0.2, -0.15) is 0 Å². The monoisotopic (exact) mass is 674 g/mol. The number of halogens is 2. The molecule has 0 bridgehead atoms. The van der Waals surface area contributed by atoms with E-state index in [1.165, 1.54) is 92.5 Å². The largest absolute Gasteiger partial charge is 1.00 e. The second-order valence-corrected chi connectivity index (χ2v) is 19.8. The fourth-order valence-electron chi connectivity index (χ4n) is 9.16. The first-order valence-electron chi connectivity index (χ1n) is 16.4. The van der Waals surface area contributed by atoms with Crippen LogP contribution in [0.2, 0.25) is 0 Å². The number of hydrogen-bond acceptors (Lipinski definition) is 0. The number of fused-ring (bicyclic) bond motifs is 5. The van der Waals surface area contributed by atoms with Crippen molar-refractivity contribution >= 4 is 14.0 Å². The van der Waals surface area contributed by atoms with Gasteiger partial charge >= 0.3 is 251 Å².